The minimum atomic E-state index is -2.09. The maximum Gasteiger partial charge on any atom is 0.337 e. The molecule has 1 unspecified atom stereocenters. The number of hydrogen-bond donors (Lipinski definition) is 1. The molecule has 0 bridgehead atoms. The molecular weight excluding hydrogens is 534 g/mol. The number of anilines is 2. The Morgan fingerprint density at radius 2 is 1.76 bits per heavy atom. The van der Waals surface area contributed by atoms with Crippen LogP contribution in [0.1, 0.15) is 11.1 Å². The third-order valence-corrected chi connectivity index (χ3v) is 5.63. The van der Waals surface area contributed by atoms with E-state index in [0.29, 0.717) is 10.7 Å². The van der Waals surface area contributed by atoms with Crippen LogP contribution in [0.25, 0.3) is 0 Å². The van der Waals surface area contributed by atoms with Crippen LogP contribution in [0, 0.1) is 22.7 Å². The van der Waals surface area contributed by atoms with E-state index < -0.39 is 27.7 Å². The molecule has 8 nitrogen and oxygen atoms in total. The fraction of sp³-hybridized carbons (Fsp3) is 0.150. The van der Waals surface area contributed by atoms with Crippen molar-refractivity contribution in [3.05, 3.63) is 57.6 Å². The Labute approximate surface area is 213 Å². The van der Waals surface area contributed by atoms with E-state index in [4.69, 9.17) is 63.3 Å². The number of carbonyl (C=O) groups excluding carboxylic acids is 2. The van der Waals surface area contributed by atoms with Crippen LogP contribution in [-0.2, 0) is 4.79 Å². The Bertz CT molecular complexity index is 1260. The molecule has 33 heavy (non-hydrogen) atoms. The lowest BCUT2D eigenvalue weighted by molar-refractivity contribution is -0.119. The number of likely N-dealkylation sites (N-methyl/N-ethyl adjacent to an activating group) is 1. The molecule has 1 atom stereocenters. The highest BCUT2D eigenvalue weighted by Gasteiger charge is 2.44. The number of nitrogens with one attached hydrogen (secondary N) is 1. The Morgan fingerprint density at radius 3 is 2.33 bits per heavy atom. The third-order valence-electron chi connectivity index (χ3n) is 4.46. The first-order valence-electron chi connectivity index (χ1n) is 8.90. The van der Waals surface area contributed by atoms with Crippen LogP contribution in [0.5, 0.6) is 0 Å². The van der Waals surface area contributed by atoms with Crippen molar-refractivity contribution in [2.24, 2.45) is 4.99 Å². The Kier molecular flexibility index (Phi) is 7.28. The van der Waals surface area contributed by atoms with E-state index in [1.165, 1.54) is 37.4 Å². The quantitative estimate of drug-likeness (QED) is 0.412. The molecule has 2 aromatic carbocycles. The van der Waals surface area contributed by atoms with E-state index in [1.54, 1.807) is 6.07 Å². The zero-order valence-electron chi connectivity index (χ0n) is 16.5. The average Bonchev–Trinajstić information content (AvgIpc) is 2.97. The number of amides is 3. The van der Waals surface area contributed by atoms with Crippen molar-refractivity contribution in [1.29, 1.82) is 10.5 Å². The summed E-state index contributed by atoms with van der Waals surface area (Å²) in [6.45, 7) is 0. The highest BCUT2D eigenvalue weighted by atomic mass is 35.6. The number of halogens is 5. The van der Waals surface area contributed by atoms with Gasteiger partial charge in [0.1, 0.15) is 6.07 Å². The van der Waals surface area contributed by atoms with Crippen molar-refractivity contribution in [1.82, 2.24) is 4.90 Å². The van der Waals surface area contributed by atoms with Crippen LogP contribution >= 0.6 is 58.0 Å². The predicted molar refractivity (Wildman–Crippen MR) is 128 cm³/mol. The summed E-state index contributed by atoms with van der Waals surface area (Å²) < 4.78 is -2.09. The summed E-state index contributed by atoms with van der Waals surface area (Å²) in [5, 5.41) is 22.0. The Morgan fingerprint density at radius 1 is 1.06 bits per heavy atom. The summed E-state index contributed by atoms with van der Waals surface area (Å²) in [6.07, 6.45) is -1.38. The molecule has 0 spiro atoms. The fourth-order valence-electron chi connectivity index (χ4n) is 2.86. The van der Waals surface area contributed by atoms with Gasteiger partial charge in [-0.25, -0.2) is 14.7 Å². The smallest absolute Gasteiger partial charge is 0.337 e. The summed E-state index contributed by atoms with van der Waals surface area (Å²) in [4.78, 5) is 31.6. The van der Waals surface area contributed by atoms with E-state index in [2.05, 4.69) is 10.3 Å². The molecule has 1 aliphatic heterocycles. The largest absolute Gasteiger partial charge is 0.359 e. The lowest BCUT2D eigenvalue weighted by Crippen LogP contribution is -2.38. The highest BCUT2D eigenvalue weighted by molar-refractivity contribution is 6.68. The zero-order chi connectivity index (χ0) is 24.5. The van der Waals surface area contributed by atoms with Gasteiger partial charge in [-0.3, -0.25) is 9.69 Å². The van der Waals surface area contributed by atoms with Gasteiger partial charge < -0.3 is 5.32 Å². The molecule has 13 heteroatoms. The second-order valence-electron chi connectivity index (χ2n) is 6.60. The molecule has 0 aromatic heterocycles. The first-order valence-corrected chi connectivity index (χ1v) is 10.8. The molecule has 0 radical (unpaired) electrons. The van der Waals surface area contributed by atoms with Crippen molar-refractivity contribution in [2.75, 3.05) is 17.3 Å². The maximum atomic E-state index is 12.9. The van der Waals surface area contributed by atoms with Gasteiger partial charge in [-0.15, -0.1) is 0 Å². The van der Waals surface area contributed by atoms with Crippen molar-refractivity contribution in [3.63, 3.8) is 0 Å². The number of aliphatic imine (C=N–C) groups is 1. The number of nitrogens with zero attached hydrogens (tertiary/aromatic N) is 5. The number of nitriles is 2. The highest BCUT2D eigenvalue weighted by Crippen LogP contribution is 2.36. The molecule has 168 valence electrons. The summed E-state index contributed by atoms with van der Waals surface area (Å²) in [5.41, 5.74) is 0.496. The first kappa shape index (κ1) is 24.9. The van der Waals surface area contributed by atoms with Gasteiger partial charge in [-0.05, 0) is 36.4 Å². The monoisotopic (exact) mass is 542 g/mol. The molecule has 1 heterocycles. The van der Waals surface area contributed by atoms with E-state index in [0.717, 1.165) is 9.80 Å². The molecule has 0 saturated carbocycles. The lowest BCUT2D eigenvalue weighted by Gasteiger charge is -2.25. The van der Waals surface area contributed by atoms with Crippen LogP contribution in [0.2, 0.25) is 10.0 Å². The molecule has 1 fully saturated rings. The van der Waals surface area contributed by atoms with Gasteiger partial charge in [0.15, 0.2) is 6.17 Å². The zero-order valence-corrected chi connectivity index (χ0v) is 20.3. The second kappa shape index (κ2) is 9.64. The van der Waals surface area contributed by atoms with Crippen LogP contribution in [-0.4, -0.2) is 39.7 Å². The summed E-state index contributed by atoms with van der Waals surface area (Å²) in [7, 11) is 1.24. The SMILES string of the molecule is CN1C(=O)C(=NC(Nc2ccc(Cl)cc2Cl)C(Cl)(Cl)Cl)N(c2ccc(C#N)cc2C#N)C1=O. The predicted octanol–water partition coefficient (Wildman–Crippen LogP) is 5.34. The van der Waals surface area contributed by atoms with Crippen molar-refractivity contribution in [3.8, 4) is 12.1 Å². The van der Waals surface area contributed by atoms with Crippen molar-refractivity contribution >= 4 is 87.2 Å². The Hall–Kier alpha value is -2.72. The summed E-state index contributed by atoms with van der Waals surface area (Å²) >= 11 is 30.4. The van der Waals surface area contributed by atoms with Crippen LogP contribution in [0.15, 0.2) is 41.4 Å². The minimum absolute atomic E-state index is 0.0302. The topological polar surface area (TPSA) is 113 Å². The standard InChI is InChI=1S/C20H11Cl5N6O2/c1-30-17(32)16(31(19(30)33)15-5-2-10(8-26)6-11(15)9-27)29-18(20(23,24)25)28-14-4-3-12(21)7-13(14)22/h2-7,18,28H,1H3. The van der Waals surface area contributed by atoms with Crippen molar-refractivity contribution in [2.45, 2.75) is 9.96 Å². The van der Waals surface area contributed by atoms with Gasteiger partial charge in [0.25, 0.3) is 5.91 Å². The van der Waals surface area contributed by atoms with Gasteiger partial charge in [0.2, 0.25) is 9.63 Å². The van der Waals surface area contributed by atoms with Crippen LogP contribution < -0.4 is 10.2 Å². The van der Waals surface area contributed by atoms with Gasteiger partial charge in [-0.2, -0.15) is 10.5 Å². The Balaban J connectivity index is 2.14. The number of carbonyl (C=O) groups is 2. The maximum absolute atomic E-state index is 12.9. The molecule has 0 aliphatic carbocycles. The normalized spacial score (nSPS) is 16.1. The number of rotatable bonds is 4. The fourth-order valence-corrected chi connectivity index (χ4v) is 3.63. The first-order chi connectivity index (χ1) is 15.5. The molecule has 3 amide bonds. The molecule has 1 saturated heterocycles. The molecular formula is C20H11Cl5N6O2. The number of hydrogen-bond acceptors (Lipinski definition) is 6. The number of alkyl halides is 3. The minimum Gasteiger partial charge on any atom is -0.359 e. The van der Waals surface area contributed by atoms with Gasteiger partial charge in [0, 0.05) is 12.1 Å². The van der Waals surface area contributed by atoms with E-state index in [-0.39, 0.29) is 21.8 Å². The molecule has 2 aromatic rings. The lowest BCUT2D eigenvalue weighted by atomic mass is 10.1. The number of amidine groups is 1. The summed E-state index contributed by atoms with van der Waals surface area (Å²) in [5.74, 6) is -1.20. The van der Waals surface area contributed by atoms with Gasteiger partial charge in [0.05, 0.1) is 33.6 Å². The van der Waals surface area contributed by atoms with Crippen LogP contribution in [0.3, 0.4) is 0 Å². The third kappa shape index (κ3) is 5.11. The molecule has 1 N–H and O–H groups in total. The van der Waals surface area contributed by atoms with Gasteiger partial charge >= 0.3 is 6.03 Å². The van der Waals surface area contributed by atoms with E-state index >= 15 is 0 Å². The molecule has 3 rings (SSSR count). The van der Waals surface area contributed by atoms with E-state index in [9.17, 15) is 14.9 Å². The average molecular weight is 545 g/mol. The number of benzene rings is 2. The molecule has 1 aliphatic rings. The number of urea groups is 1. The second-order valence-corrected chi connectivity index (χ2v) is 9.82. The van der Waals surface area contributed by atoms with Gasteiger partial charge in [-0.1, -0.05) is 58.0 Å². The van der Waals surface area contributed by atoms with Crippen molar-refractivity contribution < 1.29 is 9.59 Å². The van der Waals surface area contributed by atoms with E-state index in [1.807, 2.05) is 12.1 Å². The summed E-state index contributed by atoms with van der Waals surface area (Å²) in [6, 6.07) is 11.6. The number of imide groups is 1. The van der Waals surface area contributed by atoms with Crippen LogP contribution in [0.4, 0.5) is 16.2 Å².